The van der Waals surface area contributed by atoms with Crippen molar-refractivity contribution in [2.75, 3.05) is 0 Å². The van der Waals surface area contributed by atoms with E-state index in [1.165, 1.54) is 6.07 Å². The molecule has 0 aromatic heterocycles. The van der Waals surface area contributed by atoms with Gasteiger partial charge in [0.1, 0.15) is 0 Å². The lowest BCUT2D eigenvalue weighted by Gasteiger charge is -2.12. The molecular formula is C23H19ClN2O3. The van der Waals surface area contributed by atoms with Gasteiger partial charge in [-0.2, -0.15) is 0 Å². The van der Waals surface area contributed by atoms with E-state index in [1.807, 2.05) is 19.9 Å². The molecule has 6 heteroatoms. The number of amides is 2. The molecule has 0 aliphatic carbocycles. The molecule has 0 fully saturated rings. The molecule has 146 valence electrons. The average Bonchev–Trinajstić information content (AvgIpc) is 2.73. The number of carbonyl (C=O) groups excluding carboxylic acids is 3. The quantitative estimate of drug-likeness (QED) is 0.502. The number of nitrogens with one attached hydrogen (secondary N) is 2. The minimum absolute atomic E-state index is 0.162. The molecule has 0 aliphatic rings. The molecule has 0 saturated carbocycles. The van der Waals surface area contributed by atoms with E-state index in [4.69, 9.17) is 11.6 Å². The van der Waals surface area contributed by atoms with E-state index >= 15 is 0 Å². The number of carbonyl (C=O) groups is 3. The van der Waals surface area contributed by atoms with Crippen LogP contribution in [0.15, 0.2) is 66.7 Å². The molecule has 2 N–H and O–H groups in total. The number of rotatable bonds is 4. The van der Waals surface area contributed by atoms with Crippen LogP contribution in [-0.4, -0.2) is 17.6 Å². The Bertz CT molecular complexity index is 1110. The second-order valence-corrected chi connectivity index (χ2v) is 6.97. The van der Waals surface area contributed by atoms with Crippen molar-refractivity contribution in [3.63, 3.8) is 0 Å². The largest absolute Gasteiger partial charge is 0.289 e. The third kappa shape index (κ3) is 4.52. The van der Waals surface area contributed by atoms with E-state index in [2.05, 4.69) is 10.9 Å². The minimum Gasteiger partial charge on any atom is -0.289 e. The van der Waals surface area contributed by atoms with Gasteiger partial charge in [-0.25, -0.2) is 0 Å². The van der Waals surface area contributed by atoms with E-state index in [9.17, 15) is 14.4 Å². The molecule has 0 heterocycles. The van der Waals surface area contributed by atoms with Gasteiger partial charge in [0, 0.05) is 11.1 Å². The van der Waals surface area contributed by atoms with Crippen LogP contribution in [0, 0.1) is 13.8 Å². The summed E-state index contributed by atoms with van der Waals surface area (Å²) in [6.07, 6.45) is 0. The highest BCUT2D eigenvalue weighted by atomic mass is 35.5. The van der Waals surface area contributed by atoms with E-state index in [1.54, 1.807) is 54.6 Å². The highest BCUT2D eigenvalue weighted by Crippen LogP contribution is 2.18. The van der Waals surface area contributed by atoms with Gasteiger partial charge in [0.2, 0.25) is 0 Å². The molecule has 29 heavy (non-hydrogen) atoms. The Morgan fingerprint density at radius 1 is 0.690 bits per heavy atom. The topological polar surface area (TPSA) is 75.3 Å². The number of ketones is 1. The van der Waals surface area contributed by atoms with Crippen LogP contribution in [0.1, 0.15) is 47.8 Å². The second kappa shape index (κ2) is 8.71. The van der Waals surface area contributed by atoms with Crippen LogP contribution >= 0.6 is 11.6 Å². The van der Waals surface area contributed by atoms with Crippen LogP contribution in [0.3, 0.4) is 0 Å². The minimum atomic E-state index is -0.599. The predicted molar refractivity (Wildman–Crippen MR) is 112 cm³/mol. The molecule has 0 bridgehead atoms. The Kier molecular flexibility index (Phi) is 6.10. The fourth-order valence-corrected chi connectivity index (χ4v) is 3.03. The maximum atomic E-state index is 13.0. The Morgan fingerprint density at radius 3 is 1.86 bits per heavy atom. The van der Waals surface area contributed by atoms with Crippen molar-refractivity contribution in [3.8, 4) is 0 Å². The average molecular weight is 407 g/mol. The van der Waals surface area contributed by atoms with Crippen LogP contribution in [0.2, 0.25) is 5.02 Å². The summed E-state index contributed by atoms with van der Waals surface area (Å²) in [6, 6.07) is 18.4. The summed E-state index contributed by atoms with van der Waals surface area (Å²) in [4.78, 5) is 37.8. The van der Waals surface area contributed by atoms with Gasteiger partial charge in [0.15, 0.2) is 5.78 Å². The third-order valence-corrected chi connectivity index (χ3v) is 4.92. The van der Waals surface area contributed by atoms with Gasteiger partial charge in [-0.1, -0.05) is 54.1 Å². The maximum absolute atomic E-state index is 13.0. The Labute approximate surface area is 173 Å². The molecule has 2 amide bonds. The fraction of sp³-hybridized carbons (Fsp3) is 0.0870. The molecular weight excluding hydrogens is 388 g/mol. The first kappa shape index (κ1) is 20.3. The predicted octanol–water partition coefficient (Wildman–Crippen LogP) is 4.26. The monoisotopic (exact) mass is 406 g/mol. The summed E-state index contributed by atoms with van der Waals surface area (Å²) in [5, 5.41) is 0.268. The lowest BCUT2D eigenvalue weighted by molar-refractivity contribution is 0.0845. The van der Waals surface area contributed by atoms with Crippen LogP contribution in [0.5, 0.6) is 0 Å². The molecule has 3 aromatic carbocycles. The highest BCUT2D eigenvalue weighted by Gasteiger charge is 2.19. The van der Waals surface area contributed by atoms with Crippen LogP contribution in [0.4, 0.5) is 0 Å². The van der Waals surface area contributed by atoms with Gasteiger partial charge in [-0.3, -0.25) is 25.2 Å². The van der Waals surface area contributed by atoms with Crippen molar-refractivity contribution >= 4 is 29.2 Å². The van der Waals surface area contributed by atoms with Crippen LogP contribution < -0.4 is 10.9 Å². The number of hydrogen-bond acceptors (Lipinski definition) is 3. The Balaban J connectivity index is 1.80. The van der Waals surface area contributed by atoms with Gasteiger partial charge < -0.3 is 0 Å². The molecule has 0 saturated heterocycles. The van der Waals surface area contributed by atoms with Crippen molar-refractivity contribution in [3.05, 3.63) is 105 Å². The van der Waals surface area contributed by atoms with Gasteiger partial charge in [0.05, 0.1) is 16.1 Å². The van der Waals surface area contributed by atoms with Crippen molar-refractivity contribution in [1.29, 1.82) is 0 Å². The molecule has 5 nitrogen and oxygen atoms in total. The van der Waals surface area contributed by atoms with Crippen LogP contribution in [0.25, 0.3) is 0 Å². The highest BCUT2D eigenvalue weighted by molar-refractivity contribution is 6.33. The number of hydrazine groups is 1. The summed E-state index contributed by atoms with van der Waals surface area (Å²) in [6.45, 7) is 3.89. The van der Waals surface area contributed by atoms with Crippen LogP contribution in [-0.2, 0) is 0 Å². The third-order valence-electron chi connectivity index (χ3n) is 4.59. The zero-order chi connectivity index (χ0) is 21.0. The molecule has 0 aliphatic heterocycles. The molecule has 0 spiro atoms. The lowest BCUT2D eigenvalue weighted by atomic mass is 9.96. The summed E-state index contributed by atoms with van der Waals surface area (Å²) >= 11 is 5.99. The van der Waals surface area contributed by atoms with Crippen molar-refractivity contribution in [2.24, 2.45) is 0 Å². The first-order valence-electron chi connectivity index (χ1n) is 8.94. The van der Waals surface area contributed by atoms with Crippen molar-refractivity contribution in [2.45, 2.75) is 13.8 Å². The SMILES string of the molecule is Cc1ccc(C(=O)c2ccccc2C(=O)NNC(=O)c2ccccc2Cl)cc1C. The summed E-state index contributed by atoms with van der Waals surface area (Å²) < 4.78 is 0. The Hall–Kier alpha value is -3.44. The molecule has 0 atom stereocenters. The molecule has 3 rings (SSSR count). The standard InChI is InChI=1S/C23H19ClN2O3/c1-14-11-12-16(13-15(14)2)21(27)17-7-3-4-8-18(17)22(28)25-26-23(29)19-9-5-6-10-20(19)24/h3-13H,1-2H3,(H,25,28)(H,26,29). The van der Waals surface area contributed by atoms with E-state index in [0.29, 0.717) is 5.56 Å². The Morgan fingerprint density at radius 2 is 1.24 bits per heavy atom. The van der Waals surface area contributed by atoms with E-state index in [0.717, 1.165) is 11.1 Å². The van der Waals surface area contributed by atoms with E-state index < -0.39 is 11.8 Å². The van der Waals surface area contributed by atoms with Gasteiger partial charge in [-0.15, -0.1) is 0 Å². The lowest BCUT2D eigenvalue weighted by Crippen LogP contribution is -2.42. The first-order valence-corrected chi connectivity index (χ1v) is 9.32. The summed E-state index contributed by atoms with van der Waals surface area (Å²) in [5.41, 5.74) is 7.87. The van der Waals surface area contributed by atoms with Crippen molar-refractivity contribution in [1.82, 2.24) is 10.9 Å². The van der Waals surface area contributed by atoms with Gasteiger partial charge in [0.25, 0.3) is 11.8 Å². The smallest absolute Gasteiger partial charge is 0.271 e. The first-order chi connectivity index (χ1) is 13.9. The zero-order valence-electron chi connectivity index (χ0n) is 16.0. The zero-order valence-corrected chi connectivity index (χ0v) is 16.7. The summed E-state index contributed by atoms with van der Waals surface area (Å²) in [5.74, 6) is -1.42. The maximum Gasteiger partial charge on any atom is 0.271 e. The second-order valence-electron chi connectivity index (χ2n) is 6.56. The fourth-order valence-electron chi connectivity index (χ4n) is 2.81. The number of aryl methyl sites for hydroxylation is 2. The normalized spacial score (nSPS) is 10.3. The number of halogens is 1. The van der Waals surface area contributed by atoms with Gasteiger partial charge in [-0.05, 0) is 49.2 Å². The summed E-state index contributed by atoms with van der Waals surface area (Å²) in [7, 11) is 0. The number of hydrogen-bond donors (Lipinski definition) is 2. The van der Waals surface area contributed by atoms with E-state index in [-0.39, 0.29) is 27.5 Å². The van der Waals surface area contributed by atoms with Gasteiger partial charge >= 0.3 is 0 Å². The molecule has 0 radical (unpaired) electrons. The van der Waals surface area contributed by atoms with Crippen molar-refractivity contribution < 1.29 is 14.4 Å². The molecule has 3 aromatic rings. The number of benzene rings is 3. The molecule has 0 unspecified atom stereocenters.